The molecule has 5 heteroatoms. The molecule has 1 amide bonds. The molecule has 0 aliphatic carbocycles. The van der Waals surface area contributed by atoms with Crippen LogP contribution in [0.4, 0.5) is 5.69 Å². The molecule has 1 N–H and O–H groups in total. The van der Waals surface area contributed by atoms with Crippen LogP contribution in [-0.2, 0) is 16.0 Å². The van der Waals surface area contributed by atoms with Crippen molar-refractivity contribution in [1.82, 2.24) is 4.90 Å². The number of para-hydroxylation sites is 1. The van der Waals surface area contributed by atoms with Crippen LogP contribution in [0.15, 0.2) is 24.3 Å². The predicted octanol–water partition coefficient (Wildman–Crippen LogP) is 2.15. The highest BCUT2D eigenvalue weighted by atomic mass is 16.4. The number of benzene rings is 1. The Kier molecular flexibility index (Phi) is 4.66. The summed E-state index contributed by atoms with van der Waals surface area (Å²) in [6.45, 7) is 3.86. The number of aliphatic carboxylic acids is 1. The normalized spacial score (nSPS) is 22.7. The van der Waals surface area contributed by atoms with E-state index in [2.05, 4.69) is 17.9 Å². The summed E-state index contributed by atoms with van der Waals surface area (Å²) in [6, 6.07) is 8.34. The van der Waals surface area contributed by atoms with Crippen molar-refractivity contribution in [2.75, 3.05) is 24.5 Å². The Balaban J connectivity index is 1.66. The molecule has 2 heterocycles. The number of likely N-dealkylation sites (tertiary alicyclic amines) is 1. The smallest absolute Gasteiger partial charge is 0.306 e. The third-order valence-corrected chi connectivity index (χ3v) is 5.09. The number of carboxylic acids is 1. The second-order valence-electron chi connectivity index (χ2n) is 6.67. The fourth-order valence-corrected chi connectivity index (χ4v) is 3.67. The van der Waals surface area contributed by atoms with Crippen LogP contribution in [0.25, 0.3) is 0 Å². The highest BCUT2D eigenvalue weighted by Crippen LogP contribution is 2.30. The van der Waals surface area contributed by atoms with Gasteiger partial charge in [-0.05, 0) is 57.3 Å². The van der Waals surface area contributed by atoms with Crippen molar-refractivity contribution in [3.05, 3.63) is 29.8 Å². The Morgan fingerprint density at radius 2 is 1.87 bits per heavy atom. The van der Waals surface area contributed by atoms with E-state index in [1.165, 1.54) is 5.56 Å². The number of carbonyl (C=O) groups excluding carboxylic acids is 1. The quantitative estimate of drug-likeness (QED) is 0.928. The molecular weight excluding hydrogens is 292 g/mol. The highest BCUT2D eigenvalue weighted by Gasteiger charge is 2.31. The number of anilines is 1. The summed E-state index contributed by atoms with van der Waals surface area (Å²) in [6.07, 6.45) is 3.28. The number of fused-ring (bicyclic) bond motifs is 1. The Hall–Kier alpha value is -1.88. The molecule has 1 unspecified atom stereocenters. The maximum Gasteiger partial charge on any atom is 0.306 e. The summed E-state index contributed by atoms with van der Waals surface area (Å²) in [5.41, 5.74) is 2.28. The van der Waals surface area contributed by atoms with Crippen LogP contribution in [0, 0.1) is 5.92 Å². The first-order chi connectivity index (χ1) is 11.1. The van der Waals surface area contributed by atoms with Crippen LogP contribution in [-0.4, -0.2) is 47.6 Å². The van der Waals surface area contributed by atoms with Gasteiger partial charge in [-0.3, -0.25) is 14.5 Å². The lowest BCUT2D eigenvalue weighted by molar-refractivity contribution is -0.143. The number of carbonyl (C=O) groups is 2. The molecule has 1 saturated heterocycles. The molecule has 0 bridgehead atoms. The Morgan fingerprint density at radius 1 is 1.17 bits per heavy atom. The molecule has 0 aromatic heterocycles. The Bertz CT molecular complexity index is 594. The van der Waals surface area contributed by atoms with Gasteiger partial charge in [-0.1, -0.05) is 18.2 Å². The third kappa shape index (κ3) is 3.39. The van der Waals surface area contributed by atoms with Crippen molar-refractivity contribution < 1.29 is 14.7 Å². The standard InChI is InChI=1S/C18H24N2O3/c1-13-6-7-14-4-2-3-5-16(14)20(13)17(21)12-19-10-8-15(9-11-19)18(22)23/h2-5,13,15H,6-12H2,1H3,(H,22,23). The molecule has 0 saturated carbocycles. The summed E-state index contributed by atoms with van der Waals surface area (Å²) < 4.78 is 0. The molecule has 0 spiro atoms. The van der Waals surface area contributed by atoms with E-state index >= 15 is 0 Å². The van der Waals surface area contributed by atoms with Crippen LogP contribution in [0.1, 0.15) is 31.7 Å². The number of piperidine rings is 1. The first-order valence-corrected chi connectivity index (χ1v) is 8.41. The summed E-state index contributed by atoms with van der Waals surface area (Å²) in [7, 11) is 0. The van der Waals surface area contributed by atoms with Gasteiger partial charge < -0.3 is 10.0 Å². The summed E-state index contributed by atoms with van der Waals surface area (Å²) >= 11 is 0. The summed E-state index contributed by atoms with van der Waals surface area (Å²) in [5.74, 6) is -0.844. The van der Waals surface area contributed by atoms with Crippen LogP contribution >= 0.6 is 0 Å². The van der Waals surface area contributed by atoms with Gasteiger partial charge in [-0.2, -0.15) is 0 Å². The highest BCUT2D eigenvalue weighted by molar-refractivity contribution is 5.96. The van der Waals surface area contributed by atoms with Crippen molar-refractivity contribution in [1.29, 1.82) is 0 Å². The zero-order valence-electron chi connectivity index (χ0n) is 13.6. The van der Waals surface area contributed by atoms with E-state index in [0.29, 0.717) is 32.5 Å². The van der Waals surface area contributed by atoms with Gasteiger partial charge in [-0.15, -0.1) is 0 Å². The molecule has 1 atom stereocenters. The number of nitrogens with zero attached hydrogens (tertiary/aromatic N) is 2. The van der Waals surface area contributed by atoms with E-state index in [0.717, 1.165) is 18.5 Å². The van der Waals surface area contributed by atoms with Crippen LogP contribution < -0.4 is 4.90 Å². The van der Waals surface area contributed by atoms with Crippen LogP contribution in [0.5, 0.6) is 0 Å². The van der Waals surface area contributed by atoms with Crippen molar-refractivity contribution in [3.63, 3.8) is 0 Å². The minimum absolute atomic E-state index is 0.124. The molecule has 23 heavy (non-hydrogen) atoms. The van der Waals surface area contributed by atoms with E-state index in [-0.39, 0.29) is 17.9 Å². The fourth-order valence-electron chi connectivity index (χ4n) is 3.67. The average molecular weight is 316 g/mol. The molecule has 124 valence electrons. The number of hydrogen-bond donors (Lipinski definition) is 1. The average Bonchev–Trinajstić information content (AvgIpc) is 2.55. The molecule has 5 nitrogen and oxygen atoms in total. The minimum Gasteiger partial charge on any atom is -0.481 e. The molecule has 1 aromatic carbocycles. The van der Waals surface area contributed by atoms with Crippen molar-refractivity contribution >= 4 is 17.6 Å². The second kappa shape index (κ2) is 6.71. The first-order valence-electron chi connectivity index (χ1n) is 8.41. The van der Waals surface area contributed by atoms with Gasteiger partial charge in [0.25, 0.3) is 0 Å². The maximum atomic E-state index is 12.8. The second-order valence-corrected chi connectivity index (χ2v) is 6.67. The largest absolute Gasteiger partial charge is 0.481 e. The third-order valence-electron chi connectivity index (χ3n) is 5.09. The van der Waals surface area contributed by atoms with E-state index in [1.807, 2.05) is 23.1 Å². The van der Waals surface area contributed by atoms with Crippen molar-refractivity contribution in [2.24, 2.45) is 5.92 Å². The van der Waals surface area contributed by atoms with Gasteiger partial charge in [0.2, 0.25) is 5.91 Å². The zero-order valence-corrected chi connectivity index (χ0v) is 13.6. The number of rotatable bonds is 3. The SMILES string of the molecule is CC1CCc2ccccc2N1C(=O)CN1CCC(C(=O)O)CC1. The molecule has 1 aromatic rings. The minimum atomic E-state index is -0.713. The Labute approximate surface area is 136 Å². The fraction of sp³-hybridized carbons (Fsp3) is 0.556. The number of hydrogen-bond acceptors (Lipinski definition) is 3. The number of aryl methyl sites for hydroxylation is 1. The van der Waals surface area contributed by atoms with Gasteiger partial charge in [-0.25, -0.2) is 0 Å². The zero-order chi connectivity index (χ0) is 16.4. The van der Waals surface area contributed by atoms with E-state index < -0.39 is 5.97 Å². The van der Waals surface area contributed by atoms with Gasteiger partial charge >= 0.3 is 5.97 Å². The van der Waals surface area contributed by atoms with Gasteiger partial charge in [0.1, 0.15) is 0 Å². The van der Waals surface area contributed by atoms with Gasteiger partial charge in [0.05, 0.1) is 12.5 Å². The first kappa shape index (κ1) is 16.0. The number of amides is 1. The molecule has 2 aliphatic heterocycles. The van der Waals surface area contributed by atoms with E-state index in [9.17, 15) is 9.59 Å². The maximum absolute atomic E-state index is 12.8. The van der Waals surface area contributed by atoms with E-state index in [1.54, 1.807) is 0 Å². The van der Waals surface area contributed by atoms with Crippen LogP contribution in [0.3, 0.4) is 0 Å². The molecule has 1 fully saturated rings. The Morgan fingerprint density at radius 3 is 2.57 bits per heavy atom. The lowest BCUT2D eigenvalue weighted by atomic mass is 9.95. The van der Waals surface area contributed by atoms with Gasteiger partial charge in [0.15, 0.2) is 0 Å². The monoisotopic (exact) mass is 316 g/mol. The lowest BCUT2D eigenvalue weighted by Crippen LogP contribution is -2.48. The number of carboxylic acid groups (broad SMARTS) is 1. The summed E-state index contributed by atoms with van der Waals surface area (Å²) in [4.78, 5) is 27.9. The van der Waals surface area contributed by atoms with Gasteiger partial charge in [0, 0.05) is 11.7 Å². The van der Waals surface area contributed by atoms with Crippen LogP contribution in [0.2, 0.25) is 0 Å². The summed E-state index contributed by atoms with van der Waals surface area (Å²) in [5, 5.41) is 9.06. The lowest BCUT2D eigenvalue weighted by Gasteiger charge is -2.37. The van der Waals surface area contributed by atoms with E-state index in [4.69, 9.17) is 5.11 Å². The van der Waals surface area contributed by atoms with Crippen molar-refractivity contribution in [3.8, 4) is 0 Å². The molecular formula is C18H24N2O3. The predicted molar refractivity (Wildman–Crippen MR) is 88.5 cm³/mol. The molecule has 3 rings (SSSR count). The molecule has 0 radical (unpaired) electrons. The topological polar surface area (TPSA) is 60.9 Å². The molecule has 2 aliphatic rings. The van der Waals surface area contributed by atoms with Crippen molar-refractivity contribution in [2.45, 2.75) is 38.6 Å².